The second-order valence-corrected chi connectivity index (χ2v) is 5.42. The molecule has 2 nitrogen and oxygen atoms in total. The van der Waals surface area contributed by atoms with E-state index in [4.69, 9.17) is 0 Å². The molecule has 1 unspecified atom stereocenters. The van der Waals surface area contributed by atoms with Gasteiger partial charge in [0.15, 0.2) is 0 Å². The molecule has 1 saturated carbocycles. The van der Waals surface area contributed by atoms with E-state index in [-0.39, 0.29) is 0 Å². The molecule has 0 spiro atoms. The van der Waals surface area contributed by atoms with Crippen LogP contribution in [0.5, 0.6) is 0 Å². The van der Waals surface area contributed by atoms with E-state index < -0.39 is 0 Å². The summed E-state index contributed by atoms with van der Waals surface area (Å²) >= 11 is 2.02. The summed E-state index contributed by atoms with van der Waals surface area (Å²) in [5.41, 5.74) is 0. The summed E-state index contributed by atoms with van der Waals surface area (Å²) in [6.07, 6.45) is 6.22. The summed E-state index contributed by atoms with van der Waals surface area (Å²) in [7, 11) is 0. The van der Waals surface area contributed by atoms with Gasteiger partial charge in [0.05, 0.1) is 0 Å². The molecule has 1 N–H and O–H groups in total. The molecule has 0 aromatic heterocycles. The van der Waals surface area contributed by atoms with Gasteiger partial charge in [-0.2, -0.15) is 11.8 Å². The van der Waals surface area contributed by atoms with E-state index in [1.54, 1.807) is 0 Å². The smallest absolute Gasteiger partial charge is 0.223 e. The third kappa shape index (κ3) is 2.90. The SMILES string of the molecule is O=C(NCC1CCCCS1)C1CC1. The van der Waals surface area contributed by atoms with Crippen LogP contribution in [0.3, 0.4) is 0 Å². The first kappa shape index (κ1) is 9.38. The summed E-state index contributed by atoms with van der Waals surface area (Å²) in [4.78, 5) is 11.3. The quantitative estimate of drug-likeness (QED) is 0.751. The van der Waals surface area contributed by atoms with Gasteiger partial charge < -0.3 is 5.32 Å². The van der Waals surface area contributed by atoms with Gasteiger partial charge in [0.1, 0.15) is 0 Å². The van der Waals surface area contributed by atoms with Crippen molar-refractivity contribution in [1.29, 1.82) is 0 Å². The lowest BCUT2D eigenvalue weighted by atomic mass is 10.2. The highest BCUT2D eigenvalue weighted by atomic mass is 32.2. The average molecular weight is 199 g/mol. The maximum atomic E-state index is 11.3. The van der Waals surface area contributed by atoms with Crippen LogP contribution in [-0.4, -0.2) is 23.5 Å². The molecule has 74 valence electrons. The second kappa shape index (κ2) is 4.36. The number of amides is 1. The molecule has 13 heavy (non-hydrogen) atoms. The molecule has 1 atom stereocenters. The Balaban J connectivity index is 1.62. The molecule has 2 aliphatic rings. The molecule has 3 heteroatoms. The summed E-state index contributed by atoms with van der Waals surface area (Å²) in [6, 6.07) is 0. The summed E-state index contributed by atoms with van der Waals surface area (Å²) in [5.74, 6) is 1.95. The summed E-state index contributed by atoms with van der Waals surface area (Å²) < 4.78 is 0. The molecule has 0 radical (unpaired) electrons. The number of carbonyl (C=O) groups is 1. The highest BCUT2D eigenvalue weighted by molar-refractivity contribution is 7.99. The molecule has 0 bridgehead atoms. The molecule has 1 amide bonds. The molecular weight excluding hydrogens is 182 g/mol. The van der Waals surface area contributed by atoms with Crippen molar-refractivity contribution in [2.45, 2.75) is 37.4 Å². The third-order valence-electron chi connectivity index (χ3n) is 2.73. The van der Waals surface area contributed by atoms with Gasteiger partial charge in [0.25, 0.3) is 0 Å². The normalized spacial score (nSPS) is 28.5. The number of rotatable bonds is 3. The molecule has 1 saturated heterocycles. The zero-order valence-electron chi connectivity index (χ0n) is 7.92. The van der Waals surface area contributed by atoms with Gasteiger partial charge in [-0.25, -0.2) is 0 Å². The molecular formula is C10H17NOS. The zero-order chi connectivity index (χ0) is 9.10. The van der Waals surface area contributed by atoms with Crippen LogP contribution in [0.25, 0.3) is 0 Å². The maximum Gasteiger partial charge on any atom is 0.223 e. The lowest BCUT2D eigenvalue weighted by Gasteiger charge is -2.21. The Labute approximate surface area is 83.8 Å². The van der Waals surface area contributed by atoms with Crippen LogP contribution in [0.4, 0.5) is 0 Å². The fraction of sp³-hybridized carbons (Fsp3) is 0.900. The molecule has 1 aliphatic carbocycles. The first-order valence-electron chi connectivity index (χ1n) is 5.25. The second-order valence-electron chi connectivity index (χ2n) is 4.01. The molecule has 1 aliphatic heterocycles. The Bertz CT molecular complexity index is 185. The minimum absolute atomic E-state index is 0.297. The van der Waals surface area contributed by atoms with Crippen molar-refractivity contribution >= 4 is 17.7 Å². The van der Waals surface area contributed by atoms with Crippen molar-refractivity contribution in [3.63, 3.8) is 0 Å². The lowest BCUT2D eigenvalue weighted by Crippen LogP contribution is -2.32. The molecule has 1 heterocycles. The molecule has 0 aromatic rings. The fourth-order valence-electron chi connectivity index (χ4n) is 1.67. The van der Waals surface area contributed by atoms with E-state index in [1.165, 1.54) is 25.0 Å². The number of hydrogen-bond donors (Lipinski definition) is 1. The third-order valence-corrected chi connectivity index (χ3v) is 4.12. The van der Waals surface area contributed by atoms with E-state index in [2.05, 4.69) is 5.32 Å². The van der Waals surface area contributed by atoms with Gasteiger partial charge in [-0.3, -0.25) is 4.79 Å². The molecule has 0 aromatic carbocycles. The number of hydrogen-bond acceptors (Lipinski definition) is 2. The van der Waals surface area contributed by atoms with Gasteiger partial charge >= 0.3 is 0 Å². The predicted molar refractivity (Wildman–Crippen MR) is 55.8 cm³/mol. The van der Waals surface area contributed by atoms with Crippen LogP contribution in [0, 0.1) is 5.92 Å². The fourth-order valence-corrected chi connectivity index (χ4v) is 2.91. The van der Waals surface area contributed by atoms with Crippen molar-refractivity contribution in [3.8, 4) is 0 Å². The number of nitrogens with one attached hydrogen (secondary N) is 1. The zero-order valence-corrected chi connectivity index (χ0v) is 8.74. The summed E-state index contributed by atoms with van der Waals surface area (Å²) in [5, 5.41) is 3.75. The largest absolute Gasteiger partial charge is 0.355 e. The minimum atomic E-state index is 0.297. The Hall–Kier alpha value is -0.180. The van der Waals surface area contributed by atoms with Gasteiger partial charge in [0.2, 0.25) is 5.91 Å². The van der Waals surface area contributed by atoms with Gasteiger partial charge in [-0.05, 0) is 31.4 Å². The van der Waals surface area contributed by atoms with E-state index in [1.807, 2.05) is 11.8 Å². The van der Waals surface area contributed by atoms with Crippen LogP contribution in [0.2, 0.25) is 0 Å². The van der Waals surface area contributed by atoms with Crippen molar-refractivity contribution < 1.29 is 4.79 Å². The monoisotopic (exact) mass is 199 g/mol. The summed E-state index contributed by atoms with van der Waals surface area (Å²) in [6.45, 7) is 0.903. The van der Waals surface area contributed by atoms with Gasteiger partial charge in [-0.1, -0.05) is 6.42 Å². The van der Waals surface area contributed by atoms with E-state index >= 15 is 0 Å². The van der Waals surface area contributed by atoms with Gasteiger partial charge in [-0.15, -0.1) is 0 Å². The Morgan fingerprint density at radius 1 is 1.31 bits per heavy atom. The first-order valence-corrected chi connectivity index (χ1v) is 6.30. The number of carbonyl (C=O) groups excluding carboxylic acids is 1. The standard InChI is InChI=1S/C10H17NOS/c12-10(8-4-5-8)11-7-9-3-1-2-6-13-9/h8-9H,1-7H2,(H,11,12). The maximum absolute atomic E-state index is 11.3. The van der Waals surface area contributed by atoms with E-state index in [0.29, 0.717) is 17.1 Å². The Morgan fingerprint density at radius 2 is 2.15 bits per heavy atom. The van der Waals surface area contributed by atoms with Gasteiger partial charge in [0, 0.05) is 17.7 Å². The molecule has 2 fully saturated rings. The van der Waals surface area contributed by atoms with Crippen LogP contribution in [-0.2, 0) is 4.79 Å². The van der Waals surface area contributed by atoms with Crippen LogP contribution < -0.4 is 5.32 Å². The topological polar surface area (TPSA) is 29.1 Å². The van der Waals surface area contributed by atoms with Crippen molar-refractivity contribution in [2.24, 2.45) is 5.92 Å². The first-order chi connectivity index (χ1) is 6.36. The van der Waals surface area contributed by atoms with Crippen LogP contribution in [0.15, 0.2) is 0 Å². The van der Waals surface area contributed by atoms with Crippen LogP contribution >= 0.6 is 11.8 Å². The van der Waals surface area contributed by atoms with E-state index in [9.17, 15) is 4.79 Å². The van der Waals surface area contributed by atoms with E-state index in [0.717, 1.165) is 19.4 Å². The number of thioether (sulfide) groups is 1. The Morgan fingerprint density at radius 3 is 2.77 bits per heavy atom. The van der Waals surface area contributed by atoms with Crippen molar-refractivity contribution in [1.82, 2.24) is 5.32 Å². The highest BCUT2D eigenvalue weighted by Gasteiger charge is 2.29. The highest BCUT2D eigenvalue weighted by Crippen LogP contribution is 2.29. The predicted octanol–water partition coefficient (Wildman–Crippen LogP) is 1.80. The average Bonchev–Trinajstić information content (AvgIpc) is 2.99. The van der Waals surface area contributed by atoms with Crippen molar-refractivity contribution in [3.05, 3.63) is 0 Å². The van der Waals surface area contributed by atoms with Crippen LogP contribution in [0.1, 0.15) is 32.1 Å². The molecule has 2 rings (SSSR count). The Kier molecular flexibility index (Phi) is 3.14. The lowest BCUT2D eigenvalue weighted by molar-refractivity contribution is -0.122. The van der Waals surface area contributed by atoms with Crippen molar-refractivity contribution in [2.75, 3.05) is 12.3 Å². The minimum Gasteiger partial charge on any atom is -0.355 e.